The largest absolute Gasteiger partial charge is 0.496 e. The number of carbonyl (C=O) groups excluding carboxylic acids is 2. The van der Waals surface area contributed by atoms with Gasteiger partial charge in [0, 0.05) is 23.7 Å². The van der Waals surface area contributed by atoms with Gasteiger partial charge in [0.1, 0.15) is 30.2 Å². The molecular weight excluding hydrogens is 502 g/mol. The lowest BCUT2D eigenvalue weighted by molar-refractivity contribution is -0.137. The van der Waals surface area contributed by atoms with Gasteiger partial charge >= 0.3 is 11.9 Å². The van der Waals surface area contributed by atoms with E-state index in [1.807, 2.05) is 12.1 Å². The number of nitriles is 2. The fourth-order valence-corrected chi connectivity index (χ4v) is 3.59. The molecule has 3 aromatic rings. The van der Waals surface area contributed by atoms with Crippen LogP contribution in [0.4, 0.5) is 5.69 Å². The molecule has 0 aromatic heterocycles. The number of aliphatic carboxylic acids is 1. The number of nitrogens with zero attached hydrogens (tertiary/aromatic N) is 2. The van der Waals surface area contributed by atoms with Crippen molar-refractivity contribution in [1.82, 2.24) is 0 Å². The van der Waals surface area contributed by atoms with E-state index in [9.17, 15) is 19.6 Å². The number of carboxylic acids is 1. The Kier molecular flexibility index (Phi) is 10.0. The predicted molar refractivity (Wildman–Crippen MR) is 139 cm³/mol. The Hall–Kier alpha value is -5.35. The van der Waals surface area contributed by atoms with Crippen LogP contribution in [0, 0.1) is 22.7 Å². The Morgan fingerprint density at radius 1 is 0.923 bits per heavy atom. The SMILES string of the molecule is COc1cc(OCCCCC(=O)O)ccc1COC(=O)c1ccccc1C(=O)Nc1ccc(C#N)c(C#N)c1. The molecule has 0 aliphatic rings. The maximum absolute atomic E-state index is 12.9. The summed E-state index contributed by atoms with van der Waals surface area (Å²) in [5, 5.41) is 29.6. The molecule has 0 aliphatic carbocycles. The van der Waals surface area contributed by atoms with E-state index in [-0.39, 0.29) is 35.3 Å². The summed E-state index contributed by atoms with van der Waals surface area (Å²) < 4.78 is 16.5. The van der Waals surface area contributed by atoms with Crippen LogP contribution in [-0.4, -0.2) is 36.7 Å². The van der Waals surface area contributed by atoms with Crippen LogP contribution < -0.4 is 14.8 Å². The lowest BCUT2D eigenvalue weighted by atomic mass is 10.1. The van der Waals surface area contributed by atoms with Crippen LogP contribution in [0.3, 0.4) is 0 Å². The minimum absolute atomic E-state index is 0.0458. The molecule has 0 saturated heterocycles. The van der Waals surface area contributed by atoms with E-state index >= 15 is 0 Å². The van der Waals surface area contributed by atoms with Gasteiger partial charge in [0.15, 0.2) is 0 Å². The summed E-state index contributed by atoms with van der Waals surface area (Å²) in [6.45, 7) is 0.224. The number of carboxylic acid groups (broad SMARTS) is 1. The zero-order valence-electron chi connectivity index (χ0n) is 21.1. The summed E-state index contributed by atoms with van der Waals surface area (Å²) in [5.74, 6) is -1.19. The molecule has 2 N–H and O–H groups in total. The van der Waals surface area contributed by atoms with E-state index in [2.05, 4.69) is 5.32 Å². The lowest BCUT2D eigenvalue weighted by Crippen LogP contribution is -2.18. The number of hydrogen-bond donors (Lipinski definition) is 2. The van der Waals surface area contributed by atoms with Crippen LogP contribution >= 0.6 is 0 Å². The number of hydrogen-bond acceptors (Lipinski definition) is 8. The minimum atomic E-state index is -0.848. The first-order valence-electron chi connectivity index (χ1n) is 11.9. The standard InChI is InChI=1S/C29H25N3O7/c1-37-26-15-23(38-13-5-4-8-27(33)34)12-10-20(26)18-39-29(36)25-7-3-2-6-24(25)28(35)32-22-11-9-19(16-30)21(14-22)17-31/h2-3,6-7,9-12,14-15H,4-5,8,13,18H2,1H3,(H,32,35)(H,33,34). The maximum Gasteiger partial charge on any atom is 0.339 e. The first-order chi connectivity index (χ1) is 18.9. The fourth-order valence-electron chi connectivity index (χ4n) is 3.59. The van der Waals surface area contributed by atoms with Gasteiger partial charge in [-0.3, -0.25) is 9.59 Å². The molecule has 0 atom stereocenters. The molecule has 0 radical (unpaired) electrons. The zero-order valence-corrected chi connectivity index (χ0v) is 21.1. The molecule has 10 heteroatoms. The number of rotatable bonds is 12. The average Bonchev–Trinajstić information content (AvgIpc) is 2.95. The van der Waals surface area contributed by atoms with Crippen LogP contribution in [-0.2, 0) is 16.1 Å². The molecule has 198 valence electrons. The van der Waals surface area contributed by atoms with Gasteiger partial charge in [0.05, 0.1) is 36.0 Å². The van der Waals surface area contributed by atoms with Crippen molar-refractivity contribution >= 4 is 23.5 Å². The third-order valence-corrected chi connectivity index (χ3v) is 5.58. The van der Waals surface area contributed by atoms with Crippen molar-refractivity contribution < 1.29 is 33.7 Å². The molecule has 0 heterocycles. The second-order valence-electron chi connectivity index (χ2n) is 8.23. The van der Waals surface area contributed by atoms with E-state index in [1.165, 1.54) is 37.4 Å². The van der Waals surface area contributed by atoms with Gasteiger partial charge in [-0.25, -0.2) is 4.79 Å². The molecule has 3 aromatic carbocycles. The van der Waals surface area contributed by atoms with Crippen molar-refractivity contribution in [3.63, 3.8) is 0 Å². The first-order valence-corrected chi connectivity index (χ1v) is 11.9. The highest BCUT2D eigenvalue weighted by Crippen LogP contribution is 2.26. The molecule has 1 amide bonds. The number of ether oxygens (including phenoxy) is 3. The summed E-state index contributed by atoms with van der Waals surface area (Å²) in [6.07, 6.45) is 1.18. The normalized spacial score (nSPS) is 10.0. The topological polar surface area (TPSA) is 159 Å². The van der Waals surface area contributed by atoms with Gasteiger partial charge in [0.2, 0.25) is 0 Å². The fraction of sp³-hybridized carbons (Fsp3) is 0.207. The Balaban J connectivity index is 1.65. The number of anilines is 1. The summed E-state index contributed by atoms with van der Waals surface area (Å²) in [6, 6.07) is 19.3. The molecule has 0 fully saturated rings. The summed E-state index contributed by atoms with van der Waals surface area (Å²) in [4.78, 5) is 36.4. The van der Waals surface area contributed by atoms with Crippen molar-refractivity contribution in [2.45, 2.75) is 25.9 Å². The molecule has 0 unspecified atom stereocenters. The molecule has 10 nitrogen and oxygen atoms in total. The first kappa shape index (κ1) is 28.2. The van der Waals surface area contributed by atoms with Gasteiger partial charge < -0.3 is 24.6 Å². The van der Waals surface area contributed by atoms with Crippen molar-refractivity contribution in [2.75, 3.05) is 19.0 Å². The van der Waals surface area contributed by atoms with Crippen molar-refractivity contribution in [3.8, 4) is 23.6 Å². The second kappa shape index (κ2) is 13.8. The number of nitrogens with one attached hydrogen (secondary N) is 1. The Morgan fingerprint density at radius 3 is 2.36 bits per heavy atom. The third-order valence-electron chi connectivity index (χ3n) is 5.58. The molecule has 0 spiro atoms. The van der Waals surface area contributed by atoms with E-state index in [0.29, 0.717) is 42.2 Å². The highest BCUT2D eigenvalue weighted by molar-refractivity contribution is 6.11. The predicted octanol–water partition coefficient (Wildman–Crippen LogP) is 4.68. The number of esters is 1. The van der Waals surface area contributed by atoms with E-state index in [4.69, 9.17) is 24.6 Å². The van der Waals surface area contributed by atoms with Crippen molar-refractivity contribution in [1.29, 1.82) is 10.5 Å². The van der Waals surface area contributed by atoms with E-state index in [0.717, 1.165) is 0 Å². The van der Waals surface area contributed by atoms with Gasteiger partial charge in [-0.15, -0.1) is 0 Å². The summed E-state index contributed by atoms with van der Waals surface area (Å²) >= 11 is 0. The van der Waals surface area contributed by atoms with Gasteiger partial charge in [-0.1, -0.05) is 12.1 Å². The minimum Gasteiger partial charge on any atom is -0.496 e. The van der Waals surface area contributed by atoms with Crippen molar-refractivity contribution in [3.05, 3.63) is 88.5 Å². The molecule has 0 aliphatic heterocycles. The number of benzene rings is 3. The zero-order chi connectivity index (χ0) is 28.2. The number of carbonyl (C=O) groups is 3. The highest BCUT2D eigenvalue weighted by Gasteiger charge is 2.19. The Morgan fingerprint density at radius 2 is 1.67 bits per heavy atom. The van der Waals surface area contributed by atoms with Crippen LogP contribution in [0.1, 0.15) is 56.7 Å². The van der Waals surface area contributed by atoms with Gasteiger partial charge in [-0.05, 0) is 55.3 Å². The lowest BCUT2D eigenvalue weighted by Gasteiger charge is -2.13. The molecule has 0 saturated carbocycles. The average molecular weight is 528 g/mol. The quantitative estimate of drug-likeness (QED) is 0.252. The van der Waals surface area contributed by atoms with Gasteiger partial charge in [0.25, 0.3) is 5.91 Å². The van der Waals surface area contributed by atoms with Crippen LogP contribution in [0.25, 0.3) is 0 Å². The monoisotopic (exact) mass is 527 g/mol. The summed E-state index contributed by atoms with van der Waals surface area (Å²) in [7, 11) is 1.47. The Labute approximate surface area is 225 Å². The molecule has 39 heavy (non-hydrogen) atoms. The summed E-state index contributed by atoms with van der Waals surface area (Å²) in [5.41, 5.74) is 1.30. The second-order valence-corrected chi connectivity index (χ2v) is 8.23. The Bertz CT molecular complexity index is 1450. The third kappa shape index (κ3) is 7.81. The molecule has 3 rings (SSSR count). The van der Waals surface area contributed by atoms with Gasteiger partial charge in [-0.2, -0.15) is 10.5 Å². The molecule has 0 bridgehead atoms. The number of methoxy groups -OCH3 is 1. The maximum atomic E-state index is 12.9. The number of amides is 1. The van der Waals surface area contributed by atoms with E-state index < -0.39 is 17.8 Å². The number of unbranched alkanes of at least 4 members (excludes halogenated alkanes) is 1. The highest BCUT2D eigenvalue weighted by atomic mass is 16.5. The van der Waals surface area contributed by atoms with Crippen LogP contribution in [0.2, 0.25) is 0 Å². The smallest absolute Gasteiger partial charge is 0.339 e. The van der Waals surface area contributed by atoms with Crippen LogP contribution in [0.15, 0.2) is 60.7 Å². The molecular formula is C29H25N3O7. The van der Waals surface area contributed by atoms with Crippen LogP contribution in [0.5, 0.6) is 11.5 Å². The van der Waals surface area contributed by atoms with Crippen molar-refractivity contribution in [2.24, 2.45) is 0 Å². The van der Waals surface area contributed by atoms with E-state index in [1.54, 1.807) is 30.3 Å².